The molecule has 1 amide bonds. The maximum Gasteiger partial charge on any atom is 0.254 e. The first kappa shape index (κ1) is 14.1. The predicted octanol–water partition coefficient (Wildman–Crippen LogP) is 2.72. The van der Waals surface area contributed by atoms with Crippen molar-refractivity contribution in [2.24, 2.45) is 11.8 Å². The number of rotatable bonds is 3. The summed E-state index contributed by atoms with van der Waals surface area (Å²) in [5.41, 5.74) is 2.23. The molecule has 3 rings (SSSR count). The molecule has 110 valence electrons. The van der Waals surface area contributed by atoms with E-state index in [0.717, 1.165) is 43.7 Å². The van der Waals surface area contributed by atoms with Gasteiger partial charge in [-0.25, -0.2) is 0 Å². The third-order valence-electron chi connectivity index (χ3n) is 4.72. The van der Waals surface area contributed by atoms with Crippen molar-refractivity contribution >= 4 is 17.2 Å². The standard InChI is InChI=1S/C16H23NO2S/c1-10-3-4-13-14(9-20-15(13)5-10)16(19)17(2)8-11-6-12(18)7-11/h9-12,18H,3-8H2,1-2H3. The lowest BCUT2D eigenvalue weighted by Crippen LogP contribution is -2.39. The molecule has 2 aliphatic rings. The fourth-order valence-corrected chi connectivity index (χ4v) is 4.62. The smallest absolute Gasteiger partial charge is 0.254 e. The fourth-order valence-electron chi connectivity index (χ4n) is 3.38. The zero-order valence-electron chi connectivity index (χ0n) is 12.3. The van der Waals surface area contributed by atoms with Gasteiger partial charge in [0.15, 0.2) is 0 Å². The maximum atomic E-state index is 12.6. The number of amides is 1. The monoisotopic (exact) mass is 293 g/mol. The van der Waals surface area contributed by atoms with Crippen molar-refractivity contribution in [1.29, 1.82) is 0 Å². The molecule has 1 saturated carbocycles. The molecule has 3 nitrogen and oxygen atoms in total. The highest BCUT2D eigenvalue weighted by atomic mass is 32.1. The first-order chi connectivity index (χ1) is 9.54. The minimum Gasteiger partial charge on any atom is -0.393 e. The quantitative estimate of drug-likeness (QED) is 0.931. The average molecular weight is 293 g/mol. The van der Waals surface area contributed by atoms with Gasteiger partial charge in [-0.15, -0.1) is 11.3 Å². The molecule has 1 atom stereocenters. The molecule has 0 saturated heterocycles. The largest absolute Gasteiger partial charge is 0.393 e. The van der Waals surface area contributed by atoms with Gasteiger partial charge in [-0.2, -0.15) is 0 Å². The number of carbonyl (C=O) groups is 1. The molecule has 0 aliphatic heterocycles. The third kappa shape index (κ3) is 2.63. The van der Waals surface area contributed by atoms with Crippen LogP contribution < -0.4 is 0 Å². The van der Waals surface area contributed by atoms with Crippen molar-refractivity contribution in [2.75, 3.05) is 13.6 Å². The van der Waals surface area contributed by atoms with Crippen LogP contribution in [-0.2, 0) is 12.8 Å². The van der Waals surface area contributed by atoms with E-state index in [1.54, 1.807) is 11.3 Å². The highest BCUT2D eigenvalue weighted by molar-refractivity contribution is 7.10. The minimum absolute atomic E-state index is 0.140. The van der Waals surface area contributed by atoms with Crippen LogP contribution in [0.4, 0.5) is 0 Å². The van der Waals surface area contributed by atoms with E-state index < -0.39 is 0 Å². The molecule has 1 aromatic heterocycles. The Morgan fingerprint density at radius 3 is 2.95 bits per heavy atom. The van der Waals surface area contributed by atoms with Crippen LogP contribution >= 0.6 is 11.3 Å². The van der Waals surface area contributed by atoms with Gasteiger partial charge >= 0.3 is 0 Å². The maximum absolute atomic E-state index is 12.6. The average Bonchev–Trinajstić information content (AvgIpc) is 2.78. The molecule has 2 aliphatic carbocycles. The number of nitrogens with zero attached hydrogens (tertiary/aromatic N) is 1. The fraction of sp³-hybridized carbons (Fsp3) is 0.688. The first-order valence-electron chi connectivity index (χ1n) is 7.57. The van der Waals surface area contributed by atoms with Crippen molar-refractivity contribution in [1.82, 2.24) is 4.90 Å². The molecule has 0 spiro atoms. The normalized spacial score (nSPS) is 28.6. The topological polar surface area (TPSA) is 40.5 Å². The Morgan fingerprint density at radius 1 is 1.50 bits per heavy atom. The number of thiophene rings is 1. The second-order valence-electron chi connectivity index (χ2n) is 6.58. The van der Waals surface area contributed by atoms with Crippen molar-refractivity contribution < 1.29 is 9.90 Å². The van der Waals surface area contributed by atoms with Gasteiger partial charge in [0, 0.05) is 23.8 Å². The van der Waals surface area contributed by atoms with Crippen LogP contribution in [-0.4, -0.2) is 35.6 Å². The van der Waals surface area contributed by atoms with E-state index in [9.17, 15) is 9.90 Å². The van der Waals surface area contributed by atoms with Gasteiger partial charge in [-0.3, -0.25) is 4.79 Å². The van der Waals surface area contributed by atoms with Crippen LogP contribution in [0.3, 0.4) is 0 Å². The summed E-state index contributed by atoms with van der Waals surface area (Å²) in [6.07, 6.45) is 4.93. The second kappa shape index (κ2) is 5.49. The van der Waals surface area contributed by atoms with Crippen LogP contribution in [0, 0.1) is 11.8 Å². The molecule has 1 aromatic rings. The zero-order valence-corrected chi connectivity index (χ0v) is 13.1. The van der Waals surface area contributed by atoms with E-state index in [-0.39, 0.29) is 12.0 Å². The van der Waals surface area contributed by atoms with Crippen LogP contribution in [0.1, 0.15) is 47.0 Å². The molecule has 20 heavy (non-hydrogen) atoms. The van der Waals surface area contributed by atoms with Gasteiger partial charge in [-0.05, 0) is 49.5 Å². The van der Waals surface area contributed by atoms with Crippen molar-refractivity contribution in [3.63, 3.8) is 0 Å². The molecule has 1 unspecified atom stereocenters. The molecular formula is C16H23NO2S. The minimum atomic E-state index is -0.140. The Bertz CT molecular complexity index is 505. The molecule has 1 N–H and O–H groups in total. The Balaban J connectivity index is 1.68. The number of carbonyl (C=O) groups excluding carboxylic acids is 1. The summed E-state index contributed by atoms with van der Waals surface area (Å²) in [7, 11) is 1.89. The number of hydrogen-bond donors (Lipinski definition) is 1. The van der Waals surface area contributed by atoms with Gasteiger partial charge < -0.3 is 10.0 Å². The molecule has 1 heterocycles. The molecule has 0 bridgehead atoms. The Labute approximate surface area is 124 Å². The van der Waals surface area contributed by atoms with Crippen LogP contribution in [0.2, 0.25) is 0 Å². The summed E-state index contributed by atoms with van der Waals surface area (Å²) < 4.78 is 0. The highest BCUT2D eigenvalue weighted by Crippen LogP contribution is 2.34. The van der Waals surface area contributed by atoms with Crippen molar-refractivity contribution in [3.8, 4) is 0 Å². The van der Waals surface area contributed by atoms with E-state index in [0.29, 0.717) is 5.92 Å². The SMILES string of the molecule is CC1CCc2c(C(=O)N(C)CC3CC(O)C3)csc2C1. The van der Waals surface area contributed by atoms with Gasteiger partial charge in [0.05, 0.1) is 11.7 Å². The molecule has 4 heteroatoms. The Kier molecular flexibility index (Phi) is 3.87. The molecule has 0 aromatic carbocycles. The van der Waals surface area contributed by atoms with Crippen LogP contribution in [0.25, 0.3) is 0 Å². The Morgan fingerprint density at radius 2 is 2.25 bits per heavy atom. The third-order valence-corrected chi connectivity index (χ3v) is 5.77. The van der Waals surface area contributed by atoms with Gasteiger partial charge in [0.25, 0.3) is 5.91 Å². The summed E-state index contributed by atoms with van der Waals surface area (Å²) in [5, 5.41) is 11.4. The lowest BCUT2D eigenvalue weighted by molar-refractivity contribution is 0.0265. The zero-order chi connectivity index (χ0) is 14.3. The second-order valence-corrected chi connectivity index (χ2v) is 7.54. The first-order valence-corrected chi connectivity index (χ1v) is 8.45. The van der Waals surface area contributed by atoms with E-state index in [2.05, 4.69) is 12.3 Å². The molecule has 1 fully saturated rings. The summed E-state index contributed by atoms with van der Waals surface area (Å²) in [6, 6.07) is 0. The molecule has 0 radical (unpaired) electrons. The number of hydrogen-bond acceptors (Lipinski definition) is 3. The van der Waals surface area contributed by atoms with Crippen LogP contribution in [0.15, 0.2) is 5.38 Å². The number of aliphatic hydroxyl groups is 1. The van der Waals surface area contributed by atoms with Crippen molar-refractivity contribution in [3.05, 3.63) is 21.4 Å². The van der Waals surface area contributed by atoms with E-state index in [1.165, 1.54) is 16.9 Å². The number of fused-ring (bicyclic) bond motifs is 1. The summed E-state index contributed by atoms with van der Waals surface area (Å²) in [4.78, 5) is 15.8. The van der Waals surface area contributed by atoms with Crippen molar-refractivity contribution in [2.45, 2.75) is 45.1 Å². The van der Waals surface area contributed by atoms with Crippen LogP contribution in [0.5, 0.6) is 0 Å². The highest BCUT2D eigenvalue weighted by Gasteiger charge is 2.30. The van der Waals surface area contributed by atoms with E-state index in [4.69, 9.17) is 0 Å². The summed E-state index contributed by atoms with van der Waals surface area (Å²) >= 11 is 1.75. The lowest BCUT2D eigenvalue weighted by Gasteiger charge is -2.34. The van der Waals surface area contributed by atoms with E-state index in [1.807, 2.05) is 11.9 Å². The summed E-state index contributed by atoms with van der Waals surface area (Å²) in [5.74, 6) is 1.39. The lowest BCUT2D eigenvalue weighted by atomic mass is 9.82. The van der Waals surface area contributed by atoms with Gasteiger partial charge in [0.1, 0.15) is 0 Å². The van der Waals surface area contributed by atoms with E-state index >= 15 is 0 Å². The van der Waals surface area contributed by atoms with Gasteiger partial charge in [0.2, 0.25) is 0 Å². The predicted molar refractivity (Wildman–Crippen MR) is 81.2 cm³/mol. The Hall–Kier alpha value is -0.870. The number of aliphatic hydroxyl groups excluding tert-OH is 1. The van der Waals surface area contributed by atoms with Gasteiger partial charge in [-0.1, -0.05) is 6.92 Å². The molecular weight excluding hydrogens is 270 g/mol. The summed E-state index contributed by atoms with van der Waals surface area (Å²) in [6.45, 7) is 3.06.